The minimum absolute atomic E-state index is 0.257. The van der Waals surface area contributed by atoms with Crippen molar-refractivity contribution in [2.45, 2.75) is 43.8 Å². The SMILES string of the molecule is Fc1cncc(CN2CC3CC(C2)N3c2nc(C3CC3)ns2)c1. The van der Waals surface area contributed by atoms with Crippen molar-refractivity contribution in [2.24, 2.45) is 0 Å². The molecule has 3 saturated heterocycles. The Balaban J connectivity index is 1.26. The number of piperazine rings is 1. The Kier molecular flexibility index (Phi) is 3.12. The molecule has 1 saturated carbocycles. The van der Waals surface area contributed by atoms with Crippen LogP contribution < -0.4 is 4.90 Å². The summed E-state index contributed by atoms with van der Waals surface area (Å²) in [6.07, 6.45) is 6.74. The number of anilines is 1. The molecular formula is C16H18FN5S. The van der Waals surface area contributed by atoms with Gasteiger partial charge < -0.3 is 4.90 Å². The third-order valence-electron chi connectivity index (χ3n) is 5.03. The van der Waals surface area contributed by atoms with Crippen molar-refractivity contribution in [1.82, 2.24) is 19.2 Å². The highest BCUT2D eigenvalue weighted by atomic mass is 32.1. The maximum atomic E-state index is 13.3. The first kappa shape index (κ1) is 13.8. The predicted molar refractivity (Wildman–Crippen MR) is 86.0 cm³/mol. The van der Waals surface area contributed by atoms with Gasteiger partial charge in [-0.15, -0.1) is 0 Å². The van der Waals surface area contributed by atoms with Gasteiger partial charge in [0, 0.05) is 55.4 Å². The molecule has 5 nitrogen and oxygen atoms in total. The van der Waals surface area contributed by atoms with Gasteiger partial charge in [-0.25, -0.2) is 9.37 Å². The Morgan fingerprint density at radius 3 is 2.78 bits per heavy atom. The zero-order valence-electron chi connectivity index (χ0n) is 12.7. The molecule has 2 bridgehead atoms. The number of piperidine rings is 1. The first-order valence-corrected chi connectivity index (χ1v) is 8.97. The summed E-state index contributed by atoms with van der Waals surface area (Å²) in [6, 6.07) is 2.63. The molecule has 6 rings (SSSR count). The van der Waals surface area contributed by atoms with E-state index in [2.05, 4.69) is 19.2 Å². The van der Waals surface area contributed by atoms with Gasteiger partial charge in [-0.1, -0.05) is 0 Å². The topological polar surface area (TPSA) is 45.2 Å². The molecule has 2 atom stereocenters. The second-order valence-electron chi connectivity index (χ2n) is 6.87. The van der Waals surface area contributed by atoms with Crippen LogP contribution in [0, 0.1) is 5.82 Å². The van der Waals surface area contributed by atoms with E-state index in [0.29, 0.717) is 18.0 Å². The highest BCUT2D eigenvalue weighted by molar-refractivity contribution is 7.09. The quantitative estimate of drug-likeness (QED) is 0.861. The van der Waals surface area contributed by atoms with Gasteiger partial charge in [-0.3, -0.25) is 9.88 Å². The fourth-order valence-electron chi connectivity index (χ4n) is 3.78. The van der Waals surface area contributed by atoms with E-state index in [4.69, 9.17) is 4.98 Å². The van der Waals surface area contributed by atoms with Crippen molar-refractivity contribution in [3.8, 4) is 0 Å². The largest absolute Gasteiger partial charge is 0.338 e. The summed E-state index contributed by atoms with van der Waals surface area (Å²) in [5.74, 6) is 1.42. The fraction of sp³-hybridized carbons (Fsp3) is 0.562. The Labute approximate surface area is 138 Å². The van der Waals surface area contributed by atoms with Gasteiger partial charge in [0.25, 0.3) is 0 Å². The third kappa shape index (κ3) is 2.52. The Bertz CT molecular complexity index is 719. The van der Waals surface area contributed by atoms with Gasteiger partial charge in [0.15, 0.2) is 0 Å². The zero-order valence-corrected chi connectivity index (χ0v) is 13.5. The maximum absolute atomic E-state index is 13.3. The molecule has 2 aromatic rings. The summed E-state index contributed by atoms with van der Waals surface area (Å²) >= 11 is 1.55. The van der Waals surface area contributed by atoms with Gasteiger partial charge in [-0.2, -0.15) is 4.37 Å². The van der Waals surface area contributed by atoms with Gasteiger partial charge in [-0.05, 0) is 30.9 Å². The lowest BCUT2D eigenvalue weighted by molar-refractivity contribution is 0.108. The number of hydrogen-bond acceptors (Lipinski definition) is 6. The monoisotopic (exact) mass is 331 g/mol. The molecule has 2 unspecified atom stereocenters. The van der Waals surface area contributed by atoms with Crippen LogP contribution in [0.1, 0.15) is 36.6 Å². The average molecular weight is 331 g/mol. The highest BCUT2D eigenvalue weighted by Gasteiger charge is 2.46. The van der Waals surface area contributed by atoms with Crippen LogP contribution in [0.3, 0.4) is 0 Å². The average Bonchev–Trinajstić information content (AvgIpc) is 3.27. The van der Waals surface area contributed by atoms with Crippen LogP contribution in [-0.2, 0) is 6.54 Å². The van der Waals surface area contributed by atoms with Crippen LogP contribution in [0.15, 0.2) is 18.5 Å². The van der Waals surface area contributed by atoms with Crippen LogP contribution in [0.25, 0.3) is 0 Å². The molecule has 1 aliphatic carbocycles. The summed E-state index contributed by atoms with van der Waals surface area (Å²) in [5.41, 5.74) is 0.949. The van der Waals surface area contributed by atoms with E-state index in [1.54, 1.807) is 23.8 Å². The molecule has 3 aliphatic heterocycles. The molecular weight excluding hydrogens is 313 g/mol. The standard InChI is InChI=1S/C16H18FN5S/c17-12-3-10(5-18-6-12)7-21-8-13-4-14(9-21)22(13)16-19-15(20-23-16)11-1-2-11/h3,5-6,11,13-14H,1-2,4,7-9H2. The van der Waals surface area contributed by atoms with E-state index in [9.17, 15) is 4.39 Å². The van der Waals surface area contributed by atoms with Crippen LogP contribution >= 0.6 is 11.5 Å². The van der Waals surface area contributed by atoms with Crippen molar-refractivity contribution < 1.29 is 4.39 Å². The van der Waals surface area contributed by atoms with Crippen LogP contribution in [0.5, 0.6) is 0 Å². The van der Waals surface area contributed by atoms with Crippen LogP contribution in [-0.4, -0.2) is 44.4 Å². The van der Waals surface area contributed by atoms with Crippen molar-refractivity contribution in [2.75, 3.05) is 18.0 Å². The second-order valence-corrected chi connectivity index (χ2v) is 7.60. The van der Waals surface area contributed by atoms with Crippen LogP contribution in [0.2, 0.25) is 0 Å². The Morgan fingerprint density at radius 1 is 1.22 bits per heavy atom. The van der Waals surface area contributed by atoms with Crippen LogP contribution in [0.4, 0.5) is 9.52 Å². The summed E-state index contributed by atoms with van der Waals surface area (Å²) in [4.78, 5) is 13.5. The number of halogens is 1. The lowest BCUT2D eigenvalue weighted by atomic mass is 9.88. The molecule has 0 aromatic carbocycles. The molecule has 4 aliphatic rings. The van der Waals surface area contributed by atoms with Crippen molar-refractivity contribution in [3.63, 3.8) is 0 Å². The van der Waals surface area contributed by atoms with E-state index >= 15 is 0 Å². The maximum Gasteiger partial charge on any atom is 0.205 e. The smallest absolute Gasteiger partial charge is 0.205 e. The fourth-order valence-corrected chi connectivity index (χ4v) is 4.67. The molecule has 0 radical (unpaired) electrons. The van der Waals surface area contributed by atoms with Crippen molar-refractivity contribution in [3.05, 3.63) is 35.7 Å². The van der Waals surface area contributed by atoms with E-state index in [-0.39, 0.29) is 5.82 Å². The van der Waals surface area contributed by atoms with Gasteiger partial charge in [0.05, 0.1) is 6.20 Å². The first-order valence-electron chi connectivity index (χ1n) is 8.20. The molecule has 5 heterocycles. The third-order valence-corrected chi connectivity index (χ3v) is 5.77. The van der Waals surface area contributed by atoms with Crippen molar-refractivity contribution in [1.29, 1.82) is 0 Å². The van der Waals surface area contributed by atoms with E-state index in [1.807, 2.05) is 0 Å². The molecule has 7 heteroatoms. The molecule has 2 aromatic heterocycles. The van der Waals surface area contributed by atoms with Crippen molar-refractivity contribution >= 4 is 16.7 Å². The number of rotatable bonds is 4. The summed E-state index contributed by atoms with van der Waals surface area (Å²) in [7, 11) is 0. The van der Waals surface area contributed by atoms with E-state index in [1.165, 1.54) is 25.5 Å². The number of fused-ring (bicyclic) bond motifs is 2. The first-order chi connectivity index (χ1) is 11.3. The summed E-state index contributed by atoms with van der Waals surface area (Å²) in [6.45, 7) is 2.78. The van der Waals surface area contributed by atoms with E-state index in [0.717, 1.165) is 36.2 Å². The minimum atomic E-state index is -0.257. The van der Waals surface area contributed by atoms with Gasteiger partial charge in [0.2, 0.25) is 5.13 Å². The minimum Gasteiger partial charge on any atom is -0.338 e. The normalized spacial score (nSPS) is 27.1. The molecule has 23 heavy (non-hydrogen) atoms. The Hall–Kier alpha value is -1.60. The lowest BCUT2D eigenvalue weighted by Crippen LogP contribution is -2.68. The lowest BCUT2D eigenvalue weighted by Gasteiger charge is -2.56. The Morgan fingerprint density at radius 2 is 2.04 bits per heavy atom. The molecule has 0 spiro atoms. The molecule has 0 N–H and O–H groups in total. The van der Waals surface area contributed by atoms with E-state index < -0.39 is 0 Å². The highest BCUT2D eigenvalue weighted by Crippen LogP contribution is 2.43. The molecule has 0 amide bonds. The van der Waals surface area contributed by atoms with Gasteiger partial charge >= 0.3 is 0 Å². The summed E-state index contributed by atoms with van der Waals surface area (Å²) < 4.78 is 17.8. The summed E-state index contributed by atoms with van der Waals surface area (Å²) in [5, 5.41) is 1.10. The predicted octanol–water partition coefficient (Wildman–Crippen LogP) is 2.41. The number of nitrogens with zero attached hydrogens (tertiary/aromatic N) is 5. The number of aromatic nitrogens is 3. The number of pyridine rings is 1. The second kappa shape index (κ2) is 5.21. The molecule has 120 valence electrons. The zero-order chi connectivity index (χ0) is 15.4. The van der Waals surface area contributed by atoms with Gasteiger partial charge in [0.1, 0.15) is 11.6 Å². The number of hydrogen-bond donors (Lipinski definition) is 0. The molecule has 4 fully saturated rings.